The summed E-state index contributed by atoms with van der Waals surface area (Å²) in [5, 5.41) is 7.17. The molecule has 10 nitrogen and oxygen atoms in total. The van der Waals surface area contributed by atoms with Crippen LogP contribution in [0, 0.1) is 11.8 Å². The number of carbonyl (C=O) groups is 4. The fourth-order valence-corrected chi connectivity index (χ4v) is 6.37. The molecule has 3 N–H and O–H groups in total. The highest BCUT2D eigenvalue weighted by molar-refractivity contribution is 5.92. The van der Waals surface area contributed by atoms with Crippen LogP contribution >= 0.6 is 0 Å². The van der Waals surface area contributed by atoms with Crippen LogP contribution in [0.1, 0.15) is 89.8 Å². The predicted octanol–water partition coefficient (Wildman–Crippen LogP) is 3.34. The van der Waals surface area contributed by atoms with Crippen molar-refractivity contribution in [2.24, 2.45) is 11.8 Å². The van der Waals surface area contributed by atoms with Crippen LogP contribution in [-0.2, 0) is 23.9 Å². The number of hydrogen-bond acceptors (Lipinski definition) is 6. The first-order valence-electron chi connectivity index (χ1n) is 15.9. The number of fused-ring (bicyclic) bond motifs is 6. The smallest absolute Gasteiger partial charge is 0.258 e. The van der Waals surface area contributed by atoms with Gasteiger partial charge in [0.15, 0.2) is 0 Å². The number of hydrogen-bond donors (Lipinski definition) is 3. The Morgan fingerprint density at radius 3 is 2.44 bits per heavy atom. The molecule has 3 aliphatic heterocycles. The lowest BCUT2D eigenvalue weighted by Crippen LogP contribution is -2.62. The van der Waals surface area contributed by atoms with Crippen LogP contribution in [0.2, 0.25) is 0 Å². The molecular formula is C33H49N5O5. The summed E-state index contributed by atoms with van der Waals surface area (Å²) < 4.78 is 5.69. The second kappa shape index (κ2) is 15.0. The van der Waals surface area contributed by atoms with Crippen LogP contribution in [0.4, 0.5) is 0 Å². The van der Waals surface area contributed by atoms with Gasteiger partial charge in [-0.05, 0) is 75.0 Å². The summed E-state index contributed by atoms with van der Waals surface area (Å²) >= 11 is 0. The summed E-state index contributed by atoms with van der Waals surface area (Å²) in [7, 11) is 1.60. The number of allylic oxidation sites excluding steroid dienone is 1. The zero-order valence-electron chi connectivity index (χ0n) is 26.3. The Kier molecular flexibility index (Phi) is 11.4. The highest BCUT2D eigenvalue weighted by Gasteiger charge is 2.37. The van der Waals surface area contributed by atoms with Crippen molar-refractivity contribution < 1.29 is 23.9 Å². The Labute approximate surface area is 255 Å². The second-order valence-corrected chi connectivity index (χ2v) is 12.5. The zero-order chi connectivity index (χ0) is 31.1. The number of piperidine rings is 1. The minimum atomic E-state index is -0.841. The molecule has 4 amide bonds. The molecule has 1 aromatic rings. The van der Waals surface area contributed by atoms with Gasteiger partial charge in [0.1, 0.15) is 18.1 Å². The summed E-state index contributed by atoms with van der Waals surface area (Å²) in [6, 6.07) is 6.15. The van der Waals surface area contributed by atoms with E-state index in [9.17, 15) is 19.2 Å². The molecule has 43 heavy (non-hydrogen) atoms. The van der Waals surface area contributed by atoms with E-state index in [1.54, 1.807) is 14.0 Å². The third-order valence-electron chi connectivity index (χ3n) is 9.01. The number of methoxy groups -OCH3 is 1. The summed E-state index contributed by atoms with van der Waals surface area (Å²) in [4.78, 5) is 55.9. The van der Waals surface area contributed by atoms with Crippen LogP contribution in [0.25, 0.3) is 6.08 Å². The maximum absolute atomic E-state index is 13.9. The number of ether oxygens (including phenoxy) is 1. The zero-order valence-corrected chi connectivity index (χ0v) is 26.3. The highest BCUT2D eigenvalue weighted by Crippen LogP contribution is 2.33. The van der Waals surface area contributed by atoms with E-state index in [1.165, 1.54) is 5.01 Å². The van der Waals surface area contributed by atoms with Gasteiger partial charge in [-0.3, -0.25) is 24.2 Å². The van der Waals surface area contributed by atoms with Crippen molar-refractivity contribution in [3.8, 4) is 0 Å². The molecule has 4 rings (SSSR count). The molecule has 0 saturated carbocycles. The molecule has 3 heterocycles. The molecule has 0 aliphatic carbocycles. The number of benzene rings is 1. The van der Waals surface area contributed by atoms with Crippen molar-refractivity contribution in [3.05, 3.63) is 41.5 Å². The summed E-state index contributed by atoms with van der Waals surface area (Å²) in [5.74, 6) is -1.67. The summed E-state index contributed by atoms with van der Waals surface area (Å²) in [5.41, 5.74) is 5.35. The predicted molar refractivity (Wildman–Crippen MR) is 165 cm³/mol. The van der Waals surface area contributed by atoms with Gasteiger partial charge in [-0.25, -0.2) is 5.43 Å². The maximum Gasteiger partial charge on any atom is 0.258 e. The van der Waals surface area contributed by atoms with Crippen molar-refractivity contribution in [2.75, 3.05) is 20.2 Å². The third kappa shape index (κ3) is 8.03. The van der Waals surface area contributed by atoms with Crippen LogP contribution < -0.4 is 16.1 Å². The molecular weight excluding hydrogens is 546 g/mol. The van der Waals surface area contributed by atoms with Crippen LogP contribution in [0.3, 0.4) is 0 Å². The summed E-state index contributed by atoms with van der Waals surface area (Å²) in [6.07, 6.45) is 9.41. The second-order valence-electron chi connectivity index (χ2n) is 12.5. The van der Waals surface area contributed by atoms with E-state index in [1.807, 2.05) is 31.7 Å². The standard InChI is InChI=1S/C33H49N5O5/c1-21(2)29-31(40)34-23(4)32(41)38-19-11-15-26(36-38)33(42)37-18-9-8-16-27(37)25-14-10-13-24(20-25)12-6-7-17-28(43-5)22(3)30(39)35-29/h6,10,12-14,20-23,26-29,36H,7-9,11,15-19H2,1-5H3,(H,34,40)(H,35,39)/b12-6+/t22-,23+,26+,27?,28-,29+/m1/s1. The van der Waals surface area contributed by atoms with Crippen molar-refractivity contribution in [1.82, 2.24) is 26.0 Å². The van der Waals surface area contributed by atoms with Crippen molar-refractivity contribution in [2.45, 2.75) is 103 Å². The fraction of sp³-hybridized carbons (Fsp3) is 0.636. The molecule has 6 atom stereocenters. The van der Waals surface area contributed by atoms with E-state index in [2.05, 4.69) is 46.4 Å². The average Bonchev–Trinajstić information content (AvgIpc) is 3.02. The van der Waals surface area contributed by atoms with Gasteiger partial charge in [0.05, 0.1) is 18.1 Å². The molecule has 2 fully saturated rings. The van der Waals surface area contributed by atoms with Gasteiger partial charge < -0.3 is 20.3 Å². The largest absolute Gasteiger partial charge is 0.381 e. The molecule has 1 unspecified atom stereocenters. The molecule has 2 saturated heterocycles. The molecule has 3 aliphatic rings. The number of hydrazine groups is 1. The Hall–Kier alpha value is -3.24. The Morgan fingerprint density at radius 1 is 0.907 bits per heavy atom. The number of amides is 4. The average molecular weight is 596 g/mol. The van der Waals surface area contributed by atoms with Crippen LogP contribution in [0.15, 0.2) is 30.3 Å². The van der Waals surface area contributed by atoms with E-state index in [0.717, 1.165) is 30.4 Å². The normalized spacial score (nSPS) is 30.9. The molecule has 236 valence electrons. The van der Waals surface area contributed by atoms with Gasteiger partial charge in [-0.1, -0.05) is 51.1 Å². The van der Waals surface area contributed by atoms with Gasteiger partial charge in [0.2, 0.25) is 17.7 Å². The highest BCUT2D eigenvalue weighted by atomic mass is 16.5. The van der Waals surface area contributed by atoms with Gasteiger partial charge in [-0.2, -0.15) is 0 Å². The molecule has 10 heteroatoms. The van der Waals surface area contributed by atoms with E-state index in [4.69, 9.17) is 4.74 Å². The van der Waals surface area contributed by atoms with Crippen molar-refractivity contribution in [1.29, 1.82) is 0 Å². The first kappa shape index (κ1) is 32.7. The first-order chi connectivity index (χ1) is 20.6. The molecule has 4 bridgehead atoms. The van der Waals surface area contributed by atoms with Crippen molar-refractivity contribution >= 4 is 29.7 Å². The lowest BCUT2D eigenvalue weighted by molar-refractivity contribution is -0.147. The Morgan fingerprint density at radius 2 is 1.70 bits per heavy atom. The number of nitrogens with zero attached hydrogens (tertiary/aromatic N) is 2. The number of carbonyl (C=O) groups excluding carboxylic acids is 4. The third-order valence-corrected chi connectivity index (χ3v) is 9.01. The molecule has 0 spiro atoms. The Balaban J connectivity index is 1.63. The Bertz CT molecular complexity index is 1190. The maximum atomic E-state index is 13.9. The lowest BCUT2D eigenvalue weighted by atomic mass is 9.92. The molecule has 0 radical (unpaired) electrons. The topological polar surface area (TPSA) is 120 Å². The van der Waals surface area contributed by atoms with Crippen LogP contribution in [-0.4, -0.2) is 78.0 Å². The first-order valence-corrected chi connectivity index (χ1v) is 15.9. The quantitative estimate of drug-likeness (QED) is 0.483. The minimum Gasteiger partial charge on any atom is -0.381 e. The minimum absolute atomic E-state index is 0.00397. The monoisotopic (exact) mass is 595 g/mol. The van der Waals surface area contributed by atoms with Gasteiger partial charge in [0.25, 0.3) is 5.91 Å². The van der Waals surface area contributed by atoms with Gasteiger partial charge >= 0.3 is 0 Å². The number of rotatable bonds is 2. The van der Waals surface area contributed by atoms with Gasteiger partial charge in [-0.15, -0.1) is 0 Å². The van der Waals surface area contributed by atoms with E-state index in [-0.39, 0.29) is 35.8 Å². The van der Waals surface area contributed by atoms with Crippen LogP contribution in [0.5, 0.6) is 0 Å². The molecule has 0 aromatic heterocycles. The van der Waals surface area contributed by atoms with E-state index in [0.29, 0.717) is 38.8 Å². The van der Waals surface area contributed by atoms with E-state index < -0.39 is 30.0 Å². The summed E-state index contributed by atoms with van der Waals surface area (Å²) in [6.45, 7) is 8.29. The SMILES string of the molecule is CO[C@@H]1CC/C=C/c2cccc(c2)C2CCCCN2C(=O)[C@@H]2CCCN(N2)C(=O)[C@H](C)NC(=O)[C@H](C(C)C)NC(=O)[C@@H]1C. The van der Waals surface area contributed by atoms with Crippen molar-refractivity contribution in [3.63, 3.8) is 0 Å². The number of nitrogens with one attached hydrogen (secondary N) is 3. The van der Waals surface area contributed by atoms with Gasteiger partial charge in [0, 0.05) is 20.2 Å². The van der Waals surface area contributed by atoms with E-state index >= 15 is 0 Å². The lowest BCUT2D eigenvalue weighted by Gasteiger charge is -2.41. The molecule has 1 aromatic carbocycles. The fourth-order valence-electron chi connectivity index (χ4n) is 6.37.